The molecule has 1 aromatic carbocycles. The molecule has 0 aliphatic heterocycles. The lowest BCUT2D eigenvalue weighted by Gasteiger charge is -2.31. The number of ether oxygens (including phenoxy) is 1. The normalized spacial score (nSPS) is 20.2. The van der Waals surface area contributed by atoms with Gasteiger partial charge in [-0.05, 0) is 67.2 Å². The van der Waals surface area contributed by atoms with Gasteiger partial charge in [0.1, 0.15) is 12.4 Å². The second-order valence-electron chi connectivity index (χ2n) is 7.02. The van der Waals surface area contributed by atoms with Crippen molar-refractivity contribution in [2.24, 2.45) is 5.41 Å². The minimum Gasteiger partial charge on any atom is -0.489 e. The molecule has 1 fully saturated rings. The molecule has 1 saturated carbocycles. The average Bonchev–Trinajstić information content (AvgIpc) is 2.96. The minimum atomic E-state index is 0.513. The molecule has 0 radical (unpaired) electrons. The van der Waals surface area contributed by atoms with Crippen molar-refractivity contribution in [3.63, 3.8) is 0 Å². The first-order chi connectivity index (χ1) is 10.7. The molecule has 0 bridgehead atoms. The van der Waals surface area contributed by atoms with Crippen LogP contribution >= 0.6 is 11.6 Å². The highest BCUT2D eigenvalue weighted by molar-refractivity contribution is 6.31. The Hall–Kier alpha value is -0.950. The van der Waals surface area contributed by atoms with E-state index >= 15 is 0 Å². The summed E-state index contributed by atoms with van der Waals surface area (Å²) in [7, 11) is 0. The molecular weight excluding hydrogens is 292 g/mol. The van der Waals surface area contributed by atoms with Gasteiger partial charge in [0.15, 0.2) is 0 Å². The van der Waals surface area contributed by atoms with E-state index in [2.05, 4.69) is 25.1 Å². The van der Waals surface area contributed by atoms with Gasteiger partial charge in [-0.15, -0.1) is 0 Å². The summed E-state index contributed by atoms with van der Waals surface area (Å²) in [5.74, 6) is 0.900. The number of allylic oxidation sites excluding steroid dienone is 1. The highest BCUT2D eigenvalue weighted by Gasteiger charge is 2.33. The molecule has 2 aliphatic carbocycles. The lowest BCUT2D eigenvalue weighted by Crippen LogP contribution is -2.19. The Morgan fingerprint density at radius 3 is 2.64 bits per heavy atom. The third-order valence-corrected chi connectivity index (χ3v) is 5.60. The van der Waals surface area contributed by atoms with Crippen molar-refractivity contribution in [2.45, 2.75) is 64.7 Å². The summed E-state index contributed by atoms with van der Waals surface area (Å²) in [6, 6.07) is 6.14. The topological polar surface area (TPSA) is 9.23 Å². The molecule has 0 aromatic heterocycles. The van der Waals surface area contributed by atoms with Gasteiger partial charge >= 0.3 is 0 Å². The molecule has 0 atom stereocenters. The van der Waals surface area contributed by atoms with Crippen LogP contribution in [0.4, 0.5) is 0 Å². The standard InChI is InChI=1S/C20H27ClO/c1-2-6-17-8-9-18(13-19(17)21)22-15-16-7-5-12-20(14-16)10-3-4-11-20/h8-9,13-14H,2-7,10-12,15H2,1H3. The maximum absolute atomic E-state index is 6.33. The smallest absolute Gasteiger partial charge is 0.121 e. The third-order valence-electron chi connectivity index (χ3n) is 5.25. The van der Waals surface area contributed by atoms with Gasteiger partial charge in [0.05, 0.1) is 0 Å². The van der Waals surface area contributed by atoms with E-state index < -0.39 is 0 Å². The summed E-state index contributed by atoms with van der Waals surface area (Å²) in [4.78, 5) is 0. The van der Waals surface area contributed by atoms with Crippen LogP contribution in [0.2, 0.25) is 5.02 Å². The number of halogens is 1. The van der Waals surface area contributed by atoms with E-state index in [1.165, 1.54) is 56.1 Å². The summed E-state index contributed by atoms with van der Waals surface area (Å²) in [5.41, 5.74) is 3.22. The molecule has 0 saturated heterocycles. The fourth-order valence-electron chi connectivity index (χ4n) is 4.10. The van der Waals surface area contributed by atoms with Gasteiger partial charge in [-0.3, -0.25) is 0 Å². The second kappa shape index (κ2) is 7.08. The van der Waals surface area contributed by atoms with E-state index in [4.69, 9.17) is 16.3 Å². The van der Waals surface area contributed by atoms with Gasteiger partial charge in [-0.2, -0.15) is 0 Å². The van der Waals surface area contributed by atoms with Crippen LogP contribution < -0.4 is 4.74 Å². The summed E-state index contributed by atoms with van der Waals surface area (Å²) < 4.78 is 6.01. The first-order valence-electron chi connectivity index (χ1n) is 8.83. The van der Waals surface area contributed by atoms with Crippen LogP contribution in [0.25, 0.3) is 0 Å². The van der Waals surface area contributed by atoms with Gasteiger partial charge < -0.3 is 4.74 Å². The molecule has 0 N–H and O–H groups in total. The van der Waals surface area contributed by atoms with Crippen molar-refractivity contribution in [1.82, 2.24) is 0 Å². The minimum absolute atomic E-state index is 0.513. The first kappa shape index (κ1) is 15.9. The number of benzene rings is 1. The summed E-state index contributed by atoms with van der Waals surface area (Å²) in [6.45, 7) is 2.90. The zero-order valence-electron chi connectivity index (χ0n) is 13.7. The fraction of sp³-hybridized carbons (Fsp3) is 0.600. The lowest BCUT2D eigenvalue weighted by atomic mass is 9.75. The molecule has 0 heterocycles. The Balaban J connectivity index is 1.62. The molecule has 1 spiro atoms. The number of hydrogen-bond donors (Lipinski definition) is 0. The molecule has 0 amide bonds. The maximum atomic E-state index is 6.33. The van der Waals surface area contributed by atoms with E-state index in [0.717, 1.165) is 30.2 Å². The van der Waals surface area contributed by atoms with E-state index in [-0.39, 0.29) is 0 Å². The Labute approximate surface area is 139 Å². The van der Waals surface area contributed by atoms with Gasteiger partial charge in [-0.25, -0.2) is 0 Å². The lowest BCUT2D eigenvalue weighted by molar-refractivity contribution is 0.300. The maximum Gasteiger partial charge on any atom is 0.121 e. The molecular formula is C20H27ClO. The van der Waals surface area contributed by atoms with Crippen LogP contribution in [0.5, 0.6) is 5.75 Å². The zero-order chi connectivity index (χ0) is 15.4. The Kier molecular flexibility index (Phi) is 5.13. The molecule has 3 rings (SSSR count). The van der Waals surface area contributed by atoms with Crippen molar-refractivity contribution >= 4 is 11.6 Å². The number of aryl methyl sites for hydroxylation is 1. The number of rotatable bonds is 5. The molecule has 120 valence electrons. The van der Waals surface area contributed by atoms with Crippen LogP contribution in [0, 0.1) is 5.41 Å². The summed E-state index contributed by atoms with van der Waals surface area (Å²) in [6.07, 6.45) is 14.2. The van der Waals surface area contributed by atoms with Crippen molar-refractivity contribution in [3.8, 4) is 5.75 Å². The fourth-order valence-corrected chi connectivity index (χ4v) is 4.36. The van der Waals surface area contributed by atoms with Gasteiger partial charge in [0, 0.05) is 5.02 Å². The third kappa shape index (κ3) is 3.68. The summed E-state index contributed by atoms with van der Waals surface area (Å²) in [5, 5.41) is 0.837. The summed E-state index contributed by atoms with van der Waals surface area (Å²) >= 11 is 6.33. The van der Waals surface area contributed by atoms with E-state index in [1.807, 2.05) is 6.07 Å². The predicted molar refractivity (Wildman–Crippen MR) is 93.8 cm³/mol. The van der Waals surface area contributed by atoms with Gasteiger partial charge in [-0.1, -0.05) is 49.9 Å². The molecule has 0 unspecified atom stereocenters. The van der Waals surface area contributed by atoms with Crippen molar-refractivity contribution < 1.29 is 4.74 Å². The second-order valence-corrected chi connectivity index (χ2v) is 7.42. The van der Waals surface area contributed by atoms with E-state index in [9.17, 15) is 0 Å². The Morgan fingerprint density at radius 2 is 1.91 bits per heavy atom. The Bertz CT molecular complexity index is 541. The predicted octanol–water partition coefficient (Wildman–Crippen LogP) is 6.34. The molecule has 22 heavy (non-hydrogen) atoms. The van der Waals surface area contributed by atoms with Crippen LogP contribution in [0.3, 0.4) is 0 Å². The molecule has 1 nitrogen and oxygen atoms in total. The monoisotopic (exact) mass is 318 g/mol. The average molecular weight is 319 g/mol. The Morgan fingerprint density at radius 1 is 1.14 bits per heavy atom. The van der Waals surface area contributed by atoms with Crippen molar-refractivity contribution in [3.05, 3.63) is 40.4 Å². The van der Waals surface area contributed by atoms with Crippen molar-refractivity contribution in [1.29, 1.82) is 0 Å². The highest BCUT2D eigenvalue weighted by Crippen LogP contribution is 2.47. The van der Waals surface area contributed by atoms with Crippen LogP contribution in [0.15, 0.2) is 29.8 Å². The van der Waals surface area contributed by atoms with E-state index in [0.29, 0.717) is 5.41 Å². The van der Waals surface area contributed by atoms with Gasteiger partial charge in [0.25, 0.3) is 0 Å². The highest BCUT2D eigenvalue weighted by atomic mass is 35.5. The van der Waals surface area contributed by atoms with Crippen LogP contribution in [-0.4, -0.2) is 6.61 Å². The number of hydrogen-bond acceptors (Lipinski definition) is 1. The van der Waals surface area contributed by atoms with Gasteiger partial charge in [0.2, 0.25) is 0 Å². The molecule has 2 heteroatoms. The first-order valence-corrected chi connectivity index (χ1v) is 9.20. The quantitative estimate of drug-likeness (QED) is 0.575. The van der Waals surface area contributed by atoms with Crippen LogP contribution in [-0.2, 0) is 6.42 Å². The van der Waals surface area contributed by atoms with Crippen molar-refractivity contribution in [2.75, 3.05) is 6.61 Å². The van der Waals surface area contributed by atoms with E-state index in [1.54, 1.807) is 0 Å². The zero-order valence-corrected chi connectivity index (χ0v) is 14.4. The molecule has 2 aliphatic rings. The van der Waals surface area contributed by atoms with Crippen LogP contribution in [0.1, 0.15) is 63.9 Å². The largest absolute Gasteiger partial charge is 0.489 e. The SMILES string of the molecule is CCCc1ccc(OCC2=CC3(CCCC3)CCC2)cc1Cl. The molecule has 1 aromatic rings.